The number of methoxy groups -OCH3 is 2. The monoisotopic (exact) mass is 423 g/mol. The minimum Gasteiger partial charge on any atom is -0.497 e. The van der Waals surface area contributed by atoms with Crippen molar-refractivity contribution in [2.45, 2.75) is 13.8 Å². The second-order valence-corrected chi connectivity index (χ2v) is 6.56. The van der Waals surface area contributed by atoms with Crippen LogP contribution < -0.4 is 20.1 Å². The van der Waals surface area contributed by atoms with Crippen LogP contribution in [-0.4, -0.2) is 36.1 Å². The molecule has 3 aromatic rings. The van der Waals surface area contributed by atoms with Gasteiger partial charge in [-0.1, -0.05) is 0 Å². The normalized spacial score (nSPS) is 11.1. The van der Waals surface area contributed by atoms with Crippen LogP contribution in [-0.2, 0) is 0 Å². The number of carbonyl (C=O) groups is 1. The molecule has 0 fully saturated rings. The number of ether oxygens (including phenoxy) is 2. The molecule has 2 N–H and O–H groups in total. The summed E-state index contributed by atoms with van der Waals surface area (Å²) in [5, 5.41) is 5.71. The van der Waals surface area contributed by atoms with Crippen molar-refractivity contribution in [3.63, 3.8) is 0 Å². The van der Waals surface area contributed by atoms with Crippen LogP contribution in [0.2, 0.25) is 0 Å². The Morgan fingerprint density at radius 1 is 0.968 bits per heavy atom. The fourth-order valence-electron chi connectivity index (χ4n) is 2.76. The number of aromatic nitrogens is 2. The second kappa shape index (κ2) is 9.66. The summed E-state index contributed by atoms with van der Waals surface area (Å²) >= 11 is 0. The molecule has 160 valence electrons. The van der Waals surface area contributed by atoms with Gasteiger partial charge in [-0.15, -0.1) is 0 Å². The Hall–Kier alpha value is -4.01. The van der Waals surface area contributed by atoms with Gasteiger partial charge in [0.15, 0.2) is 0 Å². The van der Waals surface area contributed by atoms with Crippen molar-refractivity contribution < 1.29 is 18.7 Å². The number of halogens is 1. The number of carbonyl (C=O) groups excluding carboxylic acids is 1. The Labute approximate surface area is 179 Å². The van der Waals surface area contributed by atoms with Gasteiger partial charge in [-0.2, -0.15) is 4.99 Å². The van der Waals surface area contributed by atoms with Crippen LogP contribution >= 0.6 is 0 Å². The molecule has 0 unspecified atom stereocenters. The Morgan fingerprint density at radius 3 is 2.26 bits per heavy atom. The molecule has 0 atom stereocenters. The van der Waals surface area contributed by atoms with E-state index in [-0.39, 0.29) is 17.5 Å². The summed E-state index contributed by atoms with van der Waals surface area (Å²) in [4.78, 5) is 25.7. The number of aliphatic imine (C=N–C) groups is 1. The molecule has 0 spiro atoms. The highest BCUT2D eigenvalue weighted by Crippen LogP contribution is 2.29. The Bertz CT molecular complexity index is 1100. The molecule has 0 aliphatic rings. The van der Waals surface area contributed by atoms with E-state index in [2.05, 4.69) is 25.6 Å². The van der Waals surface area contributed by atoms with E-state index >= 15 is 0 Å². The lowest BCUT2D eigenvalue weighted by molar-refractivity contribution is 0.0977. The van der Waals surface area contributed by atoms with Crippen LogP contribution in [0.25, 0.3) is 0 Å². The summed E-state index contributed by atoms with van der Waals surface area (Å²) < 4.78 is 23.9. The number of nitrogens with zero attached hydrogens (tertiary/aromatic N) is 3. The molecule has 0 saturated heterocycles. The predicted octanol–water partition coefficient (Wildman–Crippen LogP) is 3.78. The molecule has 1 heterocycles. The van der Waals surface area contributed by atoms with E-state index in [1.54, 1.807) is 25.3 Å². The summed E-state index contributed by atoms with van der Waals surface area (Å²) in [5.41, 5.74) is 2.23. The predicted molar refractivity (Wildman–Crippen MR) is 116 cm³/mol. The second-order valence-electron chi connectivity index (χ2n) is 6.56. The number of guanidine groups is 1. The molecule has 9 heteroatoms. The van der Waals surface area contributed by atoms with Crippen LogP contribution in [0.1, 0.15) is 21.7 Å². The third kappa shape index (κ3) is 5.75. The minimum absolute atomic E-state index is 0.0610. The van der Waals surface area contributed by atoms with E-state index in [1.165, 1.54) is 31.4 Å². The van der Waals surface area contributed by atoms with Crippen molar-refractivity contribution in [2.24, 2.45) is 4.99 Å². The van der Waals surface area contributed by atoms with Gasteiger partial charge in [0.25, 0.3) is 11.9 Å². The van der Waals surface area contributed by atoms with E-state index in [9.17, 15) is 9.18 Å². The molecule has 0 aliphatic heterocycles. The highest BCUT2D eigenvalue weighted by atomic mass is 19.1. The number of nitrogens with one attached hydrogen (secondary N) is 2. The van der Waals surface area contributed by atoms with Crippen LogP contribution in [0.15, 0.2) is 53.5 Å². The SMILES string of the molecule is COc1ccc(OC)c(N/C(=N\c2nc(C)cc(C)n2)NC(=O)c2ccc(F)cc2)c1. The van der Waals surface area contributed by atoms with Crippen molar-refractivity contribution >= 4 is 23.5 Å². The lowest BCUT2D eigenvalue weighted by Crippen LogP contribution is -2.36. The summed E-state index contributed by atoms with van der Waals surface area (Å²) in [6, 6.07) is 12.1. The van der Waals surface area contributed by atoms with Crippen molar-refractivity contribution in [2.75, 3.05) is 19.5 Å². The molecule has 0 saturated carbocycles. The smallest absolute Gasteiger partial charge is 0.257 e. The van der Waals surface area contributed by atoms with Gasteiger partial charge >= 0.3 is 0 Å². The van der Waals surface area contributed by atoms with Gasteiger partial charge in [0.1, 0.15) is 17.3 Å². The molecule has 0 bridgehead atoms. The van der Waals surface area contributed by atoms with Gasteiger partial charge in [-0.3, -0.25) is 10.1 Å². The maximum atomic E-state index is 13.2. The first-order valence-corrected chi connectivity index (χ1v) is 9.35. The molecule has 3 rings (SSSR count). The van der Waals surface area contributed by atoms with Gasteiger partial charge < -0.3 is 14.8 Å². The highest BCUT2D eigenvalue weighted by molar-refractivity contribution is 6.10. The Balaban J connectivity index is 1.98. The van der Waals surface area contributed by atoms with Gasteiger partial charge in [0, 0.05) is 23.0 Å². The molecule has 0 radical (unpaired) electrons. The van der Waals surface area contributed by atoms with E-state index < -0.39 is 11.7 Å². The van der Waals surface area contributed by atoms with E-state index in [0.717, 1.165) is 11.4 Å². The molecular weight excluding hydrogens is 401 g/mol. The fraction of sp³-hybridized carbons (Fsp3) is 0.182. The van der Waals surface area contributed by atoms with Crippen molar-refractivity contribution in [3.8, 4) is 11.5 Å². The average Bonchev–Trinajstić information content (AvgIpc) is 2.73. The van der Waals surface area contributed by atoms with Gasteiger partial charge in [-0.25, -0.2) is 14.4 Å². The highest BCUT2D eigenvalue weighted by Gasteiger charge is 2.14. The van der Waals surface area contributed by atoms with Crippen molar-refractivity contribution in [3.05, 3.63) is 71.3 Å². The number of hydrogen-bond donors (Lipinski definition) is 2. The van der Waals surface area contributed by atoms with Gasteiger partial charge in [0.2, 0.25) is 5.96 Å². The number of hydrogen-bond acceptors (Lipinski definition) is 6. The summed E-state index contributed by atoms with van der Waals surface area (Å²) in [6.07, 6.45) is 0. The standard InChI is InChI=1S/C22H22FN5O3/c1-13-11-14(2)25-21(24-13)28-22(27-20(29)15-5-7-16(23)8-6-15)26-18-12-17(30-3)9-10-19(18)31-4/h5-12H,1-4H3,(H2,24,25,26,27,28,29). The number of benzene rings is 2. The number of anilines is 1. The summed E-state index contributed by atoms with van der Waals surface area (Å²) in [7, 11) is 3.06. The molecule has 2 aromatic carbocycles. The van der Waals surface area contributed by atoms with Crippen LogP contribution in [0.3, 0.4) is 0 Å². The number of aryl methyl sites for hydroxylation is 2. The van der Waals surface area contributed by atoms with Gasteiger partial charge in [-0.05, 0) is 56.3 Å². The molecular formula is C22H22FN5O3. The Kier molecular flexibility index (Phi) is 6.76. The van der Waals surface area contributed by atoms with E-state index in [0.29, 0.717) is 17.2 Å². The lowest BCUT2D eigenvalue weighted by Gasteiger charge is -2.15. The molecule has 8 nitrogen and oxygen atoms in total. The first kappa shape index (κ1) is 21.7. The molecule has 1 amide bonds. The van der Waals surface area contributed by atoms with Crippen molar-refractivity contribution in [1.29, 1.82) is 0 Å². The lowest BCUT2D eigenvalue weighted by atomic mass is 10.2. The van der Waals surface area contributed by atoms with Crippen LogP contribution in [0.5, 0.6) is 11.5 Å². The topological polar surface area (TPSA) is 97.7 Å². The van der Waals surface area contributed by atoms with Crippen molar-refractivity contribution in [1.82, 2.24) is 15.3 Å². The fourth-order valence-corrected chi connectivity index (χ4v) is 2.76. The zero-order chi connectivity index (χ0) is 22.4. The molecule has 31 heavy (non-hydrogen) atoms. The van der Waals surface area contributed by atoms with E-state index in [4.69, 9.17) is 9.47 Å². The van der Waals surface area contributed by atoms with Crippen LogP contribution in [0, 0.1) is 19.7 Å². The third-order valence-electron chi connectivity index (χ3n) is 4.18. The van der Waals surface area contributed by atoms with Gasteiger partial charge in [0.05, 0.1) is 19.9 Å². The van der Waals surface area contributed by atoms with Crippen LogP contribution in [0.4, 0.5) is 16.0 Å². The quantitative estimate of drug-likeness (QED) is 0.479. The first-order chi connectivity index (χ1) is 14.9. The van der Waals surface area contributed by atoms with E-state index in [1.807, 2.05) is 19.9 Å². The maximum absolute atomic E-state index is 13.2. The number of rotatable bonds is 5. The summed E-state index contributed by atoms with van der Waals surface area (Å²) in [6.45, 7) is 3.64. The largest absolute Gasteiger partial charge is 0.497 e. The molecule has 1 aromatic heterocycles. The molecule has 0 aliphatic carbocycles. The number of amides is 1. The first-order valence-electron chi connectivity index (χ1n) is 9.35. The average molecular weight is 423 g/mol. The minimum atomic E-state index is -0.488. The summed E-state index contributed by atoms with van der Waals surface area (Å²) in [5.74, 6) is 0.388. The Morgan fingerprint density at radius 2 is 1.65 bits per heavy atom. The third-order valence-corrected chi connectivity index (χ3v) is 4.18. The zero-order valence-corrected chi connectivity index (χ0v) is 17.6. The zero-order valence-electron chi connectivity index (χ0n) is 17.6. The maximum Gasteiger partial charge on any atom is 0.257 e.